The topological polar surface area (TPSA) is 56.1 Å². The summed E-state index contributed by atoms with van der Waals surface area (Å²) >= 11 is 6.15. The predicted octanol–water partition coefficient (Wildman–Crippen LogP) is 4.67. The number of carbonyl (C=O) groups is 1. The molecule has 2 aromatic rings. The predicted molar refractivity (Wildman–Crippen MR) is 101 cm³/mol. The van der Waals surface area contributed by atoms with Crippen molar-refractivity contribution < 1.29 is 9.53 Å². The van der Waals surface area contributed by atoms with Crippen molar-refractivity contribution in [3.63, 3.8) is 0 Å². The van der Waals surface area contributed by atoms with E-state index in [1.807, 2.05) is 49.7 Å². The zero-order chi connectivity index (χ0) is 18.4. The Balaban J connectivity index is 2.17. The fourth-order valence-corrected chi connectivity index (χ4v) is 2.50. The highest BCUT2D eigenvalue weighted by atomic mass is 35.5. The third-order valence-electron chi connectivity index (χ3n) is 3.85. The third kappa shape index (κ3) is 5.49. The van der Waals surface area contributed by atoms with Crippen LogP contribution in [0.5, 0.6) is 5.75 Å². The number of hydrogen-bond donors (Lipinski definition) is 1. The van der Waals surface area contributed by atoms with Crippen LogP contribution in [0.1, 0.15) is 44.9 Å². The normalized spacial score (nSPS) is 11.0. The van der Waals surface area contributed by atoms with Crippen molar-refractivity contribution in [2.24, 2.45) is 5.92 Å². The van der Waals surface area contributed by atoms with Gasteiger partial charge in [0.05, 0.1) is 13.2 Å². The lowest BCUT2D eigenvalue weighted by Gasteiger charge is -2.13. The Morgan fingerprint density at radius 1 is 1.36 bits per heavy atom. The molecule has 0 saturated heterocycles. The van der Waals surface area contributed by atoms with Crippen molar-refractivity contribution in [3.8, 4) is 5.75 Å². The number of anilines is 1. The van der Waals surface area contributed by atoms with Gasteiger partial charge in [-0.05, 0) is 31.5 Å². The molecule has 0 spiro atoms. The zero-order valence-electron chi connectivity index (χ0n) is 15.3. The van der Waals surface area contributed by atoms with Crippen molar-refractivity contribution >= 4 is 23.3 Å². The van der Waals surface area contributed by atoms with Gasteiger partial charge in [-0.25, -0.2) is 0 Å². The number of benzene rings is 1. The van der Waals surface area contributed by atoms with Crippen molar-refractivity contribution in [1.29, 1.82) is 0 Å². The summed E-state index contributed by atoms with van der Waals surface area (Å²) in [6.45, 7) is 9.01. The van der Waals surface area contributed by atoms with Crippen molar-refractivity contribution in [3.05, 3.63) is 40.5 Å². The lowest BCUT2D eigenvalue weighted by molar-refractivity contribution is -0.118. The molecular formula is C19H26ClN3O2. The van der Waals surface area contributed by atoms with E-state index in [1.165, 1.54) is 0 Å². The Hall–Kier alpha value is -2.01. The number of aromatic nitrogens is 2. The minimum atomic E-state index is -0.0862. The third-order valence-corrected chi connectivity index (χ3v) is 4.09. The molecule has 0 saturated carbocycles. The largest absolute Gasteiger partial charge is 0.493 e. The summed E-state index contributed by atoms with van der Waals surface area (Å²) in [6.07, 6.45) is 2.09. The van der Waals surface area contributed by atoms with Crippen LogP contribution in [0.15, 0.2) is 24.3 Å². The van der Waals surface area contributed by atoms with Crippen molar-refractivity contribution in [2.45, 2.75) is 47.1 Å². The first kappa shape index (κ1) is 19.3. The molecule has 0 aliphatic heterocycles. The first-order valence-corrected chi connectivity index (χ1v) is 9.05. The molecule has 1 aromatic heterocycles. The van der Waals surface area contributed by atoms with Gasteiger partial charge in [-0.2, -0.15) is 5.10 Å². The average molecular weight is 364 g/mol. The summed E-state index contributed by atoms with van der Waals surface area (Å²) in [7, 11) is 0. The minimum absolute atomic E-state index is 0.0454. The molecule has 0 atom stereocenters. The molecular weight excluding hydrogens is 338 g/mol. The highest BCUT2D eigenvalue weighted by molar-refractivity contribution is 6.30. The summed E-state index contributed by atoms with van der Waals surface area (Å²) < 4.78 is 7.72. The van der Waals surface area contributed by atoms with Crippen LogP contribution in [0, 0.1) is 12.8 Å². The fraction of sp³-hybridized carbons (Fsp3) is 0.474. The van der Waals surface area contributed by atoms with Gasteiger partial charge >= 0.3 is 0 Å². The number of aryl methyl sites for hydroxylation is 1. The maximum absolute atomic E-state index is 11.8. The lowest BCUT2D eigenvalue weighted by Crippen LogP contribution is -2.18. The van der Waals surface area contributed by atoms with Gasteiger partial charge in [0.1, 0.15) is 5.75 Å². The lowest BCUT2D eigenvalue weighted by atomic mass is 10.2. The van der Waals surface area contributed by atoms with Gasteiger partial charge in [-0.1, -0.05) is 38.8 Å². The van der Waals surface area contributed by atoms with E-state index >= 15 is 0 Å². The van der Waals surface area contributed by atoms with Crippen LogP contribution in [0.3, 0.4) is 0 Å². The first-order valence-electron chi connectivity index (χ1n) is 8.67. The Morgan fingerprint density at radius 3 is 2.80 bits per heavy atom. The molecule has 1 aromatic carbocycles. The molecule has 0 radical (unpaired) electrons. The quantitative estimate of drug-likeness (QED) is 0.693. The number of rotatable bonds is 8. The molecule has 0 fully saturated rings. The van der Waals surface area contributed by atoms with E-state index in [9.17, 15) is 4.79 Å². The number of ether oxygens (including phenoxy) is 1. The van der Waals surface area contributed by atoms with E-state index < -0.39 is 0 Å². The Kier molecular flexibility index (Phi) is 6.88. The molecule has 5 nitrogen and oxygen atoms in total. The highest BCUT2D eigenvalue weighted by Gasteiger charge is 2.13. The van der Waals surface area contributed by atoms with Crippen molar-refractivity contribution in [1.82, 2.24) is 9.78 Å². The molecule has 0 aliphatic rings. The van der Waals surface area contributed by atoms with E-state index in [0.717, 1.165) is 29.8 Å². The summed E-state index contributed by atoms with van der Waals surface area (Å²) in [6, 6.07) is 7.49. The molecule has 2 rings (SSSR count). The Bertz CT molecular complexity index is 725. The van der Waals surface area contributed by atoms with Crippen LogP contribution in [-0.4, -0.2) is 22.3 Å². The summed E-state index contributed by atoms with van der Waals surface area (Å²) in [5.41, 5.74) is 1.93. The number of carbonyl (C=O) groups excluding carboxylic acids is 1. The summed E-state index contributed by atoms with van der Waals surface area (Å²) in [5, 5.41) is 7.97. The molecule has 25 heavy (non-hydrogen) atoms. The molecule has 0 unspecified atom stereocenters. The Labute approximate surface area is 154 Å². The van der Waals surface area contributed by atoms with Gasteiger partial charge in [-0.15, -0.1) is 0 Å². The van der Waals surface area contributed by atoms with Gasteiger partial charge in [-0.3, -0.25) is 9.48 Å². The zero-order valence-corrected chi connectivity index (χ0v) is 16.1. The molecule has 0 bridgehead atoms. The van der Waals surface area contributed by atoms with Crippen LogP contribution in [-0.2, 0) is 11.3 Å². The van der Waals surface area contributed by atoms with Gasteiger partial charge in [0, 0.05) is 28.3 Å². The second-order valence-electron chi connectivity index (χ2n) is 6.43. The van der Waals surface area contributed by atoms with Crippen molar-refractivity contribution in [2.75, 3.05) is 11.9 Å². The van der Waals surface area contributed by atoms with E-state index in [4.69, 9.17) is 16.3 Å². The number of amides is 1. The van der Waals surface area contributed by atoms with E-state index in [0.29, 0.717) is 24.0 Å². The second kappa shape index (κ2) is 8.90. The molecule has 1 heterocycles. The average Bonchev–Trinajstić information content (AvgIpc) is 2.89. The summed E-state index contributed by atoms with van der Waals surface area (Å²) in [5.74, 6) is 1.25. The summed E-state index contributed by atoms with van der Waals surface area (Å²) in [4.78, 5) is 11.8. The van der Waals surface area contributed by atoms with Crippen LogP contribution in [0.4, 0.5) is 5.82 Å². The monoisotopic (exact) mass is 363 g/mol. The number of unbranched alkanes of at least 4 members (excludes halogenated alkanes) is 1. The Morgan fingerprint density at radius 2 is 2.12 bits per heavy atom. The minimum Gasteiger partial charge on any atom is -0.493 e. The molecule has 1 N–H and O–H groups in total. The maximum atomic E-state index is 11.8. The second-order valence-corrected chi connectivity index (χ2v) is 6.86. The van der Waals surface area contributed by atoms with Gasteiger partial charge in [0.2, 0.25) is 5.91 Å². The van der Waals surface area contributed by atoms with Crippen LogP contribution in [0.2, 0.25) is 5.02 Å². The van der Waals surface area contributed by atoms with Gasteiger partial charge in [0.25, 0.3) is 0 Å². The number of hydrogen-bond acceptors (Lipinski definition) is 3. The SMILES string of the molecule is CCCCOc1ccc(Cl)cc1Cn1nc(NC(=O)C(C)C)cc1C. The highest BCUT2D eigenvalue weighted by Crippen LogP contribution is 2.25. The standard InChI is InChI=1S/C19H26ClN3O2/c1-5-6-9-25-17-8-7-16(20)11-15(17)12-23-14(4)10-18(22-23)21-19(24)13(2)3/h7-8,10-11,13H,5-6,9,12H2,1-4H3,(H,21,22,24). The maximum Gasteiger partial charge on any atom is 0.228 e. The molecule has 6 heteroatoms. The number of nitrogens with one attached hydrogen (secondary N) is 1. The van der Waals surface area contributed by atoms with Crippen LogP contribution >= 0.6 is 11.6 Å². The van der Waals surface area contributed by atoms with Crippen LogP contribution in [0.25, 0.3) is 0 Å². The van der Waals surface area contributed by atoms with Gasteiger partial charge in [0.15, 0.2) is 5.82 Å². The smallest absolute Gasteiger partial charge is 0.228 e. The van der Waals surface area contributed by atoms with E-state index in [2.05, 4.69) is 17.3 Å². The number of halogens is 1. The van der Waals surface area contributed by atoms with E-state index in [1.54, 1.807) is 0 Å². The molecule has 0 aliphatic carbocycles. The molecule has 136 valence electrons. The first-order chi connectivity index (χ1) is 11.9. The van der Waals surface area contributed by atoms with Crippen LogP contribution < -0.4 is 10.1 Å². The number of nitrogens with zero attached hydrogens (tertiary/aromatic N) is 2. The molecule has 1 amide bonds. The fourth-order valence-electron chi connectivity index (χ4n) is 2.30. The van der Waals surface area contributed by atoms with Gasteiger partial charge < -0.3 is 10.1 Å². The van der Waals surface area contributed by atoms with E-state index in [-0.39, 0.29) is 11.8 Å².